The minimum atomic E-state index is -0.994. The van der Waals surface area contributed by atoms with Gasteiger partial charge in [-0.15, -0.1) is 0 Å². The zero-order valence-electron chi connectivity index (χ0n) is 8.49. The van der Waals surface area contributed by atoms with Gasteiger partial charge in [-0.3, -0.25) is 9.59 Å². The monoisotopic (exact) mass is 203 g/mol. The summed E-state index contributed by atoms with van der Waals surface area (Å²) in [6.07, 6.45) is 0.812. The molecule has 0 aromatic heterocycles. The summed E-state index contributed by atoms with van der Waals surface area (Å²) in [5, 5.41) is 20.0. The van der Waals surface area contributed by atoms with E-state index in [-0.39, 0.29) is 18.9 Å². The van der Waals surface area contributed by atoms with Crippen molar-refractivity contribution < 1.29 is 19.8 Å². The van der Waals surface area contributed by atoms with Crippen molar-refractivity contribution in [2.45, 2.75) is 45.2 Å². The van der Waals surface area contributed by atoms with Crippen LogP contribution in [0.4, 0.5) is 0 Å². The zero-order valence-corrected chi connectivity index (χ0v) is 8.49. The van der Waals surface area contributed by atoms with Gasteiger partial charge in [-0.05, 0) is 19.8 Å². The molecule has 0 heterocycles. The number of hydrogen-bond donors (Lipinski definition) is 3. The number of aliphatic carboxylic acids is 2. The Morgan fingerprint density at radius 2 is 1.93 bits per heavy atom. The first-order valence-electron chi connectivity index (χ1n) is 4.68. The first-order chi connectivity index (χ1) is 6.47. The summed E-state index contributed by atoms with van der Waals surface area (Å²) in [6, 6.07) is -0.675. The lowest BCUT2D eigenvalue weighted by molar-refractivity contribution is -0.141. The van der Waals surface area contributed by atoms with E-state index in [1.54, 1.807) is 0 Å². The Balaban J connectivity index is 4.02. The molecular formula is C9H17NO4. The molecule has 82 valence electrons. The van der Waals surface area contributed by atoms with Crippen LogP contribution >= 0.6 is 0 Å². The Bertz CT molecular complexity index is 205. The highest BCUT2D eigenvalue weighted by Gasteiger charge is 2.19. The molecule has 5 nitrogen and oxygen atoms in total. The number of hydrogen-bond acceptors (Lipinski definition) is 3. The van der Waals surface area contributed by atoms with Crippen LogP contribution in [0.1, 0.15) is 33.1 Å². The van der Waals surface area contributed by atoms with Crippen molar-refractivity contribution in [2.24, 2.45) is 0 Å². The number of rotatable bonds is 7. The molecule has 0 aliphatic heterocycles. The van der Waals surface area contributed by atoms with Gasteiger partial charge in [0.1, 0.15) is 6.04 Å². The van der Waals surface area contributed by atoms with Gasteiger partial charge in [-0.1, -0.05) is 6.92 Å². The van der Waals surface area contributed by atoms with Crippen LogP contribution in [-0.4, -0.2) is 34.2 Å². The highest BCUT2D eigenvalue weighted by molar-refractivity contribution is 5.75. The minimum absolute atomic E-state index is 0.0879. The van der Waals surface area contributed by atoms with Gasteiger partial charge in [0, 0.05) is 12.5 Å². The van der Waals surface area contributed by atoms with Crippen LogP contribution in [0, 0.1) is 0 Å². The Kier molecular flexibility index (Phi) is 5.87. The van der Waals surface area contributed by atoms with Crippen LogP contribution < -0.4 is 5.32 Å². The fourth-order valence-electron chi connectivity index (χ4n) is 1.01. The molecule has 0 saturated carbocycles. The Hall–Kier alpha value is -1.10. The maximum absolute atomic E-state index is 10.7. The molecule has 0 aromatic rings. The standard InChI is InChI=1S/C9H17NO4/c1-3-6(2)10-7(9(13)14)4-5-8(11)12/h6-7,10H,3-5H2,1-2H3,(H,11,12)(H,13,14)/t6?,7-/m0/s1. The van der Waals surface area contributed by atoms with E-state index >= 15 is 0 Å². The number of carboxylic acid groups (broad SMARTS) is 2. The minimum Gasteiger partial charge on any atom is -0.481 e. The maximum Gasteiger partial charge on any atom is 0.320 e. The second-order valence-electron chi connectivity index (χ2n) is 3.30. The van der Waals surface area contributed by atoms with Crippen molar-refractivity contribution in [1.29, 1.82) is 0 Å². The number of carbonyl (C=O) groups is 2. The molecule has 0 aromatic carbocycles. The highest BCUT2D eigenvalue weighted by atomic mass is 16.4. The zero-order chi connectivity index (χ0) is 11.1. The number of carboxylic acids is 2. The quantitative estimate of drug-likeness (QED) is 0.566. The predicted molar refractivity (Wildman–Crippen MR) is 51.2 cm³/mol. The van der Waals surface area contributed by atoms with E-state index in [0.717, 1.165) is 6.42 Å². The van der Waals surface area contributed by atoms with Crippen molar-refractivity contribution in [3.8, 4) is 0 Å². The third-order valence-electron chi connectivity index (χ3n) is 2.04. The van der Waals surface area contributed by atoms with E-state index in [2.05, 4.69) is 5.32 Å². The Labute approximate surface area is 83.1 Å². The average molecular weight is 203 g/mol. The first-order valence-corrected chi connectivity index (χ1v) is 4.68. The molecule has 5 heteroatoms. The van der Waals surface area contributed by atoms with Gasteiger partial charge in [-0.25, -0.2) is 0 Å². The lowest BCUT2D eigenvalue weighted by Gasteiger charge is -2.18. The van der Waals surface area contributed by atoms with Gasteiger partial charge in [0.15, 0.2) is 0 Å². The summed E-state index contributed by atoms with van der Waals surface area (Å²) in [5.74, 6) is -1.96. The molecule has 0 amide bonds. The van der Waals surface area contributed by atoms with Crippen LogP contribution in [0.25, 0.3) is 0 Å². The molecule has 0 fully saturated rings. The van der Waals surface area contributed by atoms with E-state index in [4.69, 9.17) is 10.2 Å². The molecule has 0 radical (unpaired) electrons. The SMILES string of the molecule is CCC(C)N[C@@H](CCC(=O)O)C(=O)O. The number of nitrogens with one attached hydrogen (secondary N) is 1. The normalized spacial score (nSPS) is 14.7. The molecule has 0 saturated heterocycles. The highest BCUT2D eigenvalue weighted by Crippen LogP contribution is 2.01. The molecule has 14 heavy (non-hydrogen) atoms. The van der Waals surface area contributed by atoms with Crippen LogP contribution in [0.3, 0.4) is 0 Å². The Morgan fingerprint density at radius 1 is 1.36 bits per heavy atom. The van der Waals surface area contributed by atoms with Crippen molar-refractivity contribution >= 4 is 11.9 Å². The van der Waals surface area contributed by atoms with Gasteiger partial charge < -0.3 is 15.5 Å². The third kappa shape index (κ3) is 5.53. The largest absolute Gasteiger partial charge is 0.481 e. The van der Waals surface area contributed by atoms with Crippen LogP contribution in [-0.2, 0) is 9.59 Å². The molecule has 3 N–H and O–H groups in total. The van der Waals surface area contributed by atoms with Crippen molar-refractivity contribution in [2.75, 3.05) is 0 Å². The van der Waals surface area contributed by atoms with Crippen molar-refractivity contribution in [3.05, 3.63) is 0 Å². The lowest BCUT2D eigenvalue weighted by Crippen LogP contribution is -2.42. The van der Waals surface area contributed by atoms with Crippen LogP contribution in [0.5, 0.6) is 0 Å². The summed E-state index contributed by atoms with van der Waals surface area (Å²) in [4.78, 5) is 21.0. The van der Waals surface area contributed by atoms with Gasteiger partial charge in [0.05, 0.1) is 0 Å². The van der Waals surface area contributed by atoms with Gasteiger partial charge >= 0.3 is 11.9 Å². The molecule has 2 atom stereocenters. The second-order valence-corrected chi connectivity index (χ2v) is 3.30. The average Bonchev–Trinajstić information content (AvgIpc) is 2.10. The molecule has 0 rings (SSSR count). The molecule has 0 aliphatic rings. The van der Waals surface area contributed by atoms with E-state index in [9.17, 15) is 9.59 Å². The van der Waals surface area contributed by atoms with E-state index in [1.807, 2.05) is 13.8 Å². The summed E-state index contributed by atoms with van der Waals surface area (Å²) in [6.45, 7) is 3.81. The Morgan fingerprint density at radius 3 is 2.29 bits per heavy atom. The summed E-state index contributed by atoms with van der Waals surface area (Å²) in [7, 11) is 0. The lowest BCUT2D eigenvalue weighted by atomic mass is 10.1. The van der Waals surface area contributed by atoms with Gasteiger partial charge in [0.25, 0.3) is 0 Å². The summed E-state index contributed by atoms with van der Waals surface area (Å²) in [5.41, 5.74) is 0. The van der Waals surface area contributed by atoms with E-state index in [0.29, 0.717) is 0 Å². The summed E-state index contributed by atoms with van der Waals surface area (Å²) >= 11 is 0. The fourth-order valence-corrected chi connectivity index (χ4v) is 1.01. The van der Waals surface area contributed by atoms with Gasteiger partial charge in [0.2, 0.25) is 0 Å². The molecular weight excluding hydrogens is 186 g/mol. The smallest absolute Gasteiger partial charge is 0.320 e. The maximum atomic E-state index is 10.7. The van der Waals surface area contributed by atoms with E-state index in [1.165, 1.54) is 0 Å². The first kappa shape index (κ1) is 12.9. The second kappa shape index (κ2) is 6.37. The predicted octanol–water partition coefficient (Wildman–Crippen LogP) is 0.692. The van der Waals surface area contributed by atoms with Crippen LogP contribution in [0.15, 0.2) is 0 Å². The topological polar surface area (TPSA) is 86.6 Å². The summed E-state index contributed by atoms with van der Waals surface area (Å²) < 4.78 is 0. The third-order valence-corrected chi connectivity index (χ3v) is 2.04. The fraction of sp³-hybridized carbons (Fsp3) is 0.778. The van der Waals surface area contributed by atoms with Gasteiger partial charge in [-0.2, -0.15) is 0 Å². The molecule has 0 aliphatic carbocycles. The molecule has 1 unspecified atom stereocenters. The van der Waals surface area contributed by atoms with Crippen LogP contribution in [0.2, 0.25) is 0 Å². The molecule has 0 spiro atoms. The van der Waals surface area contributed by atoms with Crippen molar-refractivity contribution in [1.82, 2.24) is 5.32 Å². The van der Waals surface area contributed by atoms with Crippen molar-refractivity contribution in [3.63, 3.8) is 0 Å². The molecule has 0 bridgehead atoms. The van der Waals surface area contributed by atoms with E-state index < -0.39 is 18.0 Å².